The van der Waals surface area contributed by atoms with Gasteiger partial charge in [-0.1, -0.05) is 6.92 Å². The van der Waals surface area contributed by atoms with Crippen molar-refractivity contribution in [3.8, 4) is 0 Å². The molecule has 0 saturated carbocycles. The summed E-state index contributed by atoms with van der Waals surface area (Å²) in [6.45, 7) is 4.47. The number of aryl methyl sites for hydroxylation is 1. The first kappa shape index (κ1) is 16.9. The number of aromatic nitrogens is 1. The molecule has 0 fully saturated rings. The van der Waals surface area contributed by atoms with Gasteiger partial charge in [0, 0.05) is 18.3 Å². The Labute approximate surface area is 138 Å². The van der Waals surface area contributed by atoms with Crippen LogP contribution < -0.4 is 10.6 Å². The van der Waals surface area contributed by atoms with Gasteiger partial charge in [-0.25, -0.2) is 9.78 Å². The number of thiophene rings is 1. The zero-order valence-corrected chi connectivity index (χ0v) is 14.4. The molecule has 0 spiro atoms. The van der Waals surface area contributed by atoms with E-state index >= 15 is 0 Å². The van der Waals surface area contributed by atoms with Crippen molar-refractivity contribution in [1.29, 1.82) is 0 Å². The molecule has 0 saturated heterocycles. The van der Waals surface area contributed by atoms with Crippen molar-refractivity contribution in [3.05, 3.63) is 38.5 Å². The van der Waals surface area contributed by atoms with E-state index in [0.29, 0.717) is 13.0 Å². The van der Waals surface area contributed by atoms with Crippen LogP contribution in [0.4, 0.5) is 4.79 Å². The summed E-state index contributed by atoms with van der Waals surface area (Å²) in [4.78, 5) is 16.2. The monoisotopic (exact) mass is 339 g/mol. The maximum atomic E-state index is 11.8. The quantitative estimate of drug-likeness (QED) is 0.726. The van der Waals surface area contributed by atoms with Crippen LogP contribution in [-0.2, 0) is 18.4 Å². The van der Waals surface area contributed by atoms with Crippen molar-refractivity contribution in [3.63, 3.8) is 0 Å². The average molecular weight is 339 g/mol. The number of rotatable bonds is 7. The molecule has 5 nitrogen and oxygen atoms in total. The number of carbonyl (C=O) groups is 1. The fourth-order valence-electron chi connectivity index (χ4n) is 1.92. The van der Waals surface area contributed by atoms with Crippen LogP contribution in [0.25, 0.3) is 0 Å². The van der Waals surface area contributed by atoms with Crippen molar-refractivity contribution < 1.29 is 9.90 Å². The molecule has 0 radical (unpaired) electrons. The van der Waals surface area contributed by atoms with Crippen molar-refractivity contribution in [2.45, 2.75) is 32.3 Å². The minimum Gasteiger partial charge on any atom is -0.384 e. The third kappa shape index (κ3) is 4.79. The Hall–Kier alpha value is -1.44. The number of thiazole rings is 1. The normalized spacial score (nSPS) is 13.6. The predicted octanol–water partition coefficient (Wildman–Crippen LogP) is 2.52. The molecule has 2 heterocycles. The maximum Gasteiger partial charge on any atom is 0.314 e. The third-order valence-corrected chi connectivity index (χ3v) is 5.03. The van der Waals surface area contributed by atoms with E-state index in [4.69, 9.17) is 0 Å². The topological polar surface area (TPSA) is 74.2 Å². The van der Waals surface area contributed by atoms with Crippen molar-refractivity contribution in [2.24, 2.45) is 0 Å². The predicted molar refractivity (Wildman–Crippen MR) is 90.5 cm³/mol. The number of carbonyl (C=O) groups excluding carboxylic acids is 1. The Morgan fingerprint density at radius 1 is 1.41 bits per heavy atom. The highest BCUT2D eigenvalue weighted by Crippen LogP contribution is 2.21. The lowest BCUT2D eigenvalue weighted by Crippen LogP contribution is -2.43. The summed E-state index contributed by atoms with van der Waals surface area (Å²) in [5.74, 6) is 0. The van der Waals surface area contributed by atoms with Gasteiger partial charge in [-0.05, 0) is 35.7 Å². The van der Waals surface area contributed by atoms with E-state index in [9.17, 15) is 9.90 Å². The van der Waals surface area contributed by atoms with Gasteiger partial charge < -0.3 is 15.7 Å². The van der Waals surface area contributed by atoms with E-state index in [-0.39, 0.29) is 12.6 Å². The summed E-state index contributed by atoms with van der Waals surface area (Å²) in [7, 11) is 0. The smallest absolute Gasteiger partial charge is 0.314 e. The largest absolute Gasteiger partial charge is 0.384 e. The first-order valence-electron chi connectivity index (χ1n) is 7.21. The Balaban J connectivity index is 1.69. The molecule has 120 valence electrons. The summed E-state index contributed by atoms with van der Waals surface area (Å²) in [5.41, 5.74) is 0.766. The van der Waals surface area contributed by atoms with E-state index in [1.165, 1.54) is 11.3 Å². The second kappa shape index (κ2) is 7.71. The van der Waals surface area contributed by atoms with Crippen LogP contribution >= 0.6 is 22.7 Å². The van der Waals surface area contributed by atoms with Gasteiger partial charge in [-0.3, -0.25) is 0 Å². The molecule has 0 bridgehead atoms. The number of urea groups is 1. The SMILES string of the molecule is CCc1nc(CCNC(=O)NCC(C)(O)c2ccsc2)cs1. The first-order valence-corrected chi connectivity index (χ1v) is 9.03. The van der Waals surface area contributed by atoms with Gasteiger partial charge in [0.2, 0.25) is 0 Å². The van der Waals surface area contributed by atoms with Gasteiger partial charge in [0.25, 0.3) is 0 Å². The first-order chi connectivity index (χ1) is 10.5. The molecule has 2 aromatic rings. The van der Waals surface area contributed by atoms with Crippen molar-refractivity contribution >= 4 is 28.7 Å². The number of hydrogen-bond donors (Lipinski definition) is 3. The van der Waals surface area contributed by atoms with E-state index in [0.717, 1.165) is 22.7 Å². The number of hydrogen-bond acceptors (Lipinski definition) is 5. The van der Waals surface area contributed by atoms with E-state index in [1.807, 2.05) is 22.2 Å². The van der Waals surface area contributed by atoms with Gasteiger partial charge in [0.1, 0.15) is 5.60 Å². The van der Waals surface area contributed by atoms with Gasteiger partial charge in [-0.2, -0.15) is 11.3 Å². The standard InChI is InChI=1S/C15H21N3O2S2/c1-3-13-18-12(9-22-13)4-6-16-14(19)17-10-15(2,20)11-5-7-21-8-11/h5,7-9,20H,3-4,6,10H2,1-2H3,(H2,16,17,19). The number of amides is 2. The van der Waals surface area contributed by atoms with Crippen LogP contribution in [0.5, 0.6) is 0 Å². The molecule has 0 aliphatic carbocycles. The highest BCUT2D eigenvalue weighted by Gasteiger charge is 2.24. The molecular weight excluding hydrogens is 318 g/mol. The lowest BCUT2D eigenvalue weighted by molar-refractivity contribution is 0.0598. The van der Waals surface area contributed by atoms with E-state index in [1.54, 1.807) is 18.3 Å². The molecule has 0 aromatic carbocycles. The molecule has 0 aliphatic rings. The zero-order chi connectivity index (χ0) is 16.0. The molecular formula is C15H21N3O2S2. The molecule has 1 atom stereocenters. The van der Waals surface area contributed by atoms with Gasteiger partial charge in [-0.15, -0.1) is 11.3 Å². The van der Waals surface area contributed by atoms with E-state index in [2.05, 4.69) is 22.5 Å². The van der Waals surface area contributed by atoms with E-state index < -0.39 is 5.60 Å². The van der Waals surface area contributed by atoms with Crippen molar-refractivity contribution in [2.75, 3.05) is 13.1 Å². The summed E-state index contributed by atoms with van der Waals surface area (Å²) >= 11 is 3.17. The minimum absolute atomic E-state index is 0.173. The molecule has 2 aromatic heterocycles. The Kier molecular flexibility index (Phi) is 5.93. The van der Waals surface area contributed by atoms with Crippen LogP contribution in [0.2, 0.25) is 0 Å². The highest BCUT2D eigenvalue weighted by molar-refractivity contribution is 7.09. The fourth-order valence-corrected chi connectivity index (χ4v) is 3.48. The summed E-state index contributed by atoms with van der Waals surface area (Å²) in [5, 5.41) is 22.7. The summed E-state index contributed by atoms with van der Waals surface area (Å²) < 4.78 is 0. The lowest BCUT2D eigenvalue weighted by atomic mass is 9.99. The molecule has 3 N–H and O–H groups in total. The highest BCUT2D eigenvalue weighted by atomic mass is 32.1. The summed E-state index contributed by atoms with van der Waals surface area (Å²) in [6, 6.07) is 1.58. The second-order valence-electron chi connectivity index (χ2n) is 5.23. The maximum absolute atomic E-state index is 11.8. The molecule has 2 amide bonds. The average Bonchev–Trinajstić information content (AvgIpc) is 3.16. The van der Waals surface area contributed by atoms with Gasteiger partial charge in [0.05, 0.1) is 17.2 Å². The van der Waals surface area contributed by atoms with Crippen molar-refractivity contribution in [1.82, 2.24) is 15.6 Å². The summed E-state index contributed by atoms with van der Waals surface area (Å²) in [6.07, 6.45) is 1.65. The Morgan fingerprint density at radius 3 is 2.86 bits per heavy atom. The zero-order valence-electron chi connectivity index (χ0n) is 12.8. The van der Waals surface area contributed by atoms with Gasteiger partial charge in [0.15, 0.2) is 0 Å². The Bertz CT molecular complexity index is 594. The molecule has 0 aliphatic heterocycles. The number of aliphatic hydroxyl groups is 1. The number of nitrogens with one attached hydrogen (secondary N) is 2. The molecule has 22 heavy (non-hydrogen) atoms. The van der Waals surface area contributed by atoms with Crippen LogP contribution in [0.3, 0.4) is 0 Å². The molecule has 7 heteroatoms. The van der Waals surface area contributed by atoms with Crippen LogP contribution in [0.15, 0.2) is 22.2 Å². The van der Waals surface area contributed by atoms with Crippen LogP contribution in [0, 0.1) is 0 Å². The Morgan fingerprint density at radius 2 is 2.23 bits per heavy atom. The third-order valence-electron chi connectivity index (χ3n) is 3.30. The van der Waals surface area contributed by atoms with Crippen LogP contribution in [-0.4, -0.2) is 29.2 Å². The molecule has 1 unspecified atom stereocenters. The minimum atomic E-state index is -1.05. The second-order valence-corrected chi connectivity index (χ2v) is 6.95. The van der Waals surface area contributed by atoms with Crippen LogP contribution in [0.1, 0.15) is 30.1 Å². The van der Waals surface area contributed by atoms with Gasteiger partial charge >= 0.3 is 6.03 Å². The lowest BCUT2D eigenvalue weighted by Gasteiger charge is -2.22. The molecule has 2 rings (SSSR count). The number of nitrogens with zero attached hydrogens (tertiary/aromatic N) is 1. The fraction of sp³-hybridized carbons (Fsp3) is 0.467.